The van der Waals surface area contributed by atoms with E-state index in [9.17, 15) is 13.2 Å². The summed E-state index contributed by atoms with van der Waals surface area (Å²) in [5, 5.41) is 4.86. The van der Waals surface area contributed by atoms with Crippen molar-refractivity contribution in [2.75, 3.05) is 18.4 Å². The van der Waals surface area contributed by atoms with Crippen molar-refractivity contribution in [2.45, 2.75) is 43.9 Å². The van der Waals surface area contributed by atoms with E-state index in [1.54, 1.807) is 12.1 Å². The lowest BCUT2D eigenvalue weighted by molar-refractivity contribution is -0.120. The van der Waals surface area contributed by atoms with E-state index in [2.05, 4.69) is 12.2 Å². The van der Waals surface area contributed by atoms with Gasteiger partial charge in [0, 0.05) is 18.8 Å². The summed E-state index contributed by atoms with van der Waals surface area (Å²) in [7, 11) is -3.65. The van der Waals surface area contributed by atoms with E-state index in [0.717, 1.165) is 35.7 Å². The van der Waals surface area contributed by atoms with Crippen LogP contribution >= 0.6 is 0 Å². The van der Waals surface area contributed by atoms with Crippen LogP contribution in [0.1, 0.15) is 38.2 Å². The highest BCUT2D eigenvalue weighted by Crippen LogP contribution is 2.27. The minimum absolute atomic E-state index is 0.121. The SMILES string of the molecule is CCCCc1ccc(NC(=O)[C@H]2CCCN(S(=O)(=O)c3ccc4ccccc4c3)C2)cc1. The number of rotatable bonds is 7. The van der Waals surface area contributed by atoms with E-state index in [1.165, 1.54) is 9.87 Å². The van der Waals surface area contributed by atoms with Gasteiger partial charge >= 0.3 is 0 Å². The number of carbonyl (C=O) groups is 1. The van der Waals surface area contributed by atoms with Gasteiger partial charge in [0.05, 0.1) is 10.8 Å². The third-order valence-corrected chi connectivity index (χ3v) is 8.02. The Hall–Kier alpha value is -2.70. The Morgan fingerprint density at radius 1 is 1.03 bits per heavy atom. The van der Waals surface area contributed by atoms with E-state index < -0.39 is 10.0 Å². The fourth-order valence-corrected chi connectivity index (χ4v) is 5.79. The summed E-state index contributed by atoms with van der Waals surface area (Å²) in [5.74, 6) is -0.483. The van der Waals surface area contributed by atoms with Crippen molar-refractivity contribution in [3.8, 4) is 0 Å². The molecule has 0 saturated carbocycles. The largest absolute Gasteiger partial charge is 0.326 e. The molecule has 4 rings (SSSR count). The van der Waals surface area contributed by atoms with Crippen LogP contribution in [0.15, 0.2) is 71.6 Å². The zero-order valence-corrected chi connectivity index (χ0v) is 19.3. The molecule has 32 heavy (non-hydrogen) atoms. The summed E-state index contributed by atoms with van der Waals surface area (Å²) < 4.78 is 28.0. The molecule has 0 aliphatic carbocycles. The minimum Gasteiger partial charge on any atom is -0.326 e. The molecule has 5 nitrogen and oxygen atoms in total. The average Bonchev–Trinajstić information content (AvgIpc) is 2.83. The van der Waals surface area contributed by atoms with Gasteiger partial charge in [-0.25, -0.2) is 8.42 Å². The molecule has 1 amide bonds. The lowest BCUT2D eigenvalue weighted by atomic mass is 9.98. The fourth-order valence-electron chi connectivity index (χ4n) is 4.23. The Balaban J connectivity index is 1.44. The van der Waals surface area contributed by atoms with Crippen molar-refractivity contribution < 1.29 is 13.2 Å². The standard InChI is InChI=1S/C26H30N2O3S/c1-2-3-7-20-11-14-24(15-12-20)27-26(29)23-10-6-17-28(19-23)32(30,31)25-16-13-21-8-4-5-9-22(21)18-25/h4-5,8-9,11-16,18,23H,2-3,6-7,10,17,19H2,1H3,(H,27,29)/t23-/m0/s1. The van der Waals surface area contributed by atoms with E-state index >= 15 is 0 Å². The Labute approximate surface area is 190 Å². The van der Waals surface area contributed by atoms with Crippen LogP contribution in [0.4, 0.5) is 5.69 Å². The zero-order chi connectivity index (χ0) is 22.6. The molecular weight excluding hydrogens is 420 g/mol. The molecule has 1 saturated heterocycles. The van der Waals surface area contributed by atoms with Crippen molar-refractivity contribution in [3.05, 3.63) is 72.3 Å². The first kappa shape index (κ1) is 22.5. The number of anilines is 1. The van der Waals surface area contributed by atoms with Crippen molar-refractivity contribution >= 4 is 32.4 Å². The highest BCUT2D eigenvalue weighted by atomic mass is 32.2. The maximum Gasteiger partial charge on any atom is 0.243 e. The van der Waals surface area contributed by atoms with Crippen LogP contribution in [-0.2, 0) is 21.2 Å². The van der Waals surface area contributed by atoms with E-state index in [-0.39, 0.29) is 23.3 Å². The summed E-state index contributed by atoms with van der Waals surface area (Å²) in [6.45, 7) is 2.81. The quantitative estimate of drug-likeness (QED) is 0.537. The van der Waals surface area contributed by atoms with Crippen molar-refractivity contribution in [2.24, 2.45) is 5.92 Å². The number of benzene rings is 3. The number of hydrogen-bond acceptors (Lipinski definition) is 3. The summed E-state index contributed by atoms with van der Waals surface area (Å²) in [6.07, 6.45) is 4.69. The van der Waals surface area contributed by atoms with E-state index in [4.69, 9.17) is 0 Å². The predicted molar refractivity (Wildman–Crippen MR) is 129 cm³/mol. The smallest absolute Gasteiger partial charge is 0.243 e. The molecule has 1 aliphatic rings. The maximum absolute atomic E-state index is 13.3. The molecule has 0 radical (unpaired) electrons. The molecule has 3 aromatic rings. The second kappa shape index (κ2) is 9.84. The topological polar surface area (TPSA) is 66.5 Å². The third kappa shape index (κ3) is 5.03. The average molecular weight is 451 g/mol. The van der Waals surface area contributed by atoms with Crippen LogP contribution in [-0.4, -0.2) is 31.7 Å². The van der Waals surface area contributed by atoms with Crippen molar-refractivity contribution in [1.82, 2.24) is 4.31 Å². The number of amides is 1. The number of nitrogens with zero attached hydrogens (tertiary/aromatic N) is 1. The Morgan fingerprint density at radius 2 is 1.78 bits per heavy atom. The van der Waals surface area contributed by atoms with Crippen LogP contribution in [0.5, 0.6) is 0 Å². The van der Waals surface area contributed by atoms with Gasteiger partial charge in [0.25, 0.3) is 0 Å². The molecule has 0 aromatic heterocycles. The number of nitrogens with one attached hydrogen (secondary N) is 1. The molecular formula is C26H30N2O3S. The molecule has 3 aromatic carbocycles. The van der Waals surface area contributed by atoms with Crippen LogP contribution in [0.2, 0.25) is 0 Å². The van der Waals surface area contributed by atoms with Gasteiger partial charge in [0.15, 0.2) is 0 Å². The summed E-state index contributed by atoms with van der Waals surface area (Å²) in [6, 6.07) is 20.9. The maximum atomic E-state index is 13.3. The summed E-state index contributed by atoms with van der Waals surface area (Å²) in [5.41, 5.74) is 2.01. The minimum atomic E-state index is -3.65. The van der Waals surface area contributed by atoms with Gasteiger partial charge in [-0.2, -0.15) is 4.31 Å². The first-order valence-corrected chi connectivity index (χ1v) is 12.8. The van der Waals surface area contributed by atoms with Gasteiger partial charge in [-0.3, -0.25) is 4.79 Å². The van der Waals surface area contributed by atoms with Crippen LogP contribution in [0.3, 0.4) is 0 Å². The number of aryl methyl sites for hydroxylation is 1. The Kier molecular flexibility index (Phi) is 6.92. The molecule has 1 N–H and O–H groups in total. The van der Waals surface area contributed by atoms with Gasteiger partial charge in [-0.05, 0) is 66.3 Å². The molecule has 0 unspecified atom stereocenters. The van der Waals surface area contributed by atoms with Gasteiger partial charge in [0.2, 0.25) is 15.9 Å². The predicted octanol–water partition coefficient (Wildman–Crippen LogP) is 5.22. The number of unbranched alkanes of at least 4 members (excludes halogenated alkanes) is 1. The lowest BCUT2D eigenvalue weighted by Crippen LogP contribution is -2.43. The second-order valence-corrected chi connectivity index (χ2v) is 10.4. The number of hydrogen-bond donors (Lipinski definition) is 1. The third-order valence-electron chi connectivity index (χ3n) is 6.15. The monoisotopic (exact) mass is 450 g/mol. The van der Waals surface area contributed by atoms with Gasteiger partial charge in [-0.15, -0.1) is 0 Å². The summed E-state index contributed by atoms with van der Waals surface area (Å²) >= 11 is 0. The molecule has 1 heterocycles. The highest BCUT2D eigenvalue weighted by molar-refractivity contribution is 7.89. The zero-order valence-electron chi connectivity index (χ0n) is 18.5. The molecule has 0 bridgehead atoms. The first-order chi connectivity index (χ1) is 15.5. The van der Waals surface area contributed by atoms with Crippen molar-refractivity contribution in [1.29, 1.82) is 0 Å². The number of carbonyl (C=O) groups excluding carboxylic acids is 1. The van der Waals surface area contributed by atoms with Crippen molar-refractivity contribution in [3.63, 3.8) is 0 Å². The number of fused-ring (bicyclic) bond motifs is 1. The number of sulfonamides is 1. The first-order valence-electron chi connectivity index (χ1n) is 11.4. The second-order valence-electron chi connectivity index (χ2n) is 8.50. The fraction of sp³-hybridized carbons (Fsp3) is 0.346. The highest BCUT2D eigenvalue weighted by Gasteiger charge is 2.33. The molecule has 1 atom stereocenters. The van der Waals surface area contributed by atoms with E-state index in [1.807, 2.05) is 54.6 Å². The summed E-state index contributed by atoms with van der Waals surface area (Å²) in [4.78, 5) is 13.2. The lowest BCUT2D eigenvalue weighted by Gasteiger charge is -2.31. The Bertz CT molecular complexity index is 1190. The van der Waals surface area contributed by atoms with Crippen LogP contribution in [0, 0.1) is 5.92 Å². The van der Waals surface area contributed by atoms with E-state index in [0.29, 0.717) is 19.4 Å². The van der Waals surface area contributed by atoms with Gasteiger partial charge in [-0.1, -0.05) is 55.8 Å². The molecule has 168 valence electrons. The van der Waals surface area contributed by atoms with Crippen LogP contribution in [0.25, 0.3) is 10.8 Å². The number of piperidine rings is 1. The molecule has 0 spiro atoms. The molecule has 1 aliphatic heterocycles. The van der Waals surface area contributed by atoms with Gasteiger partial charge < -0.3 is 5.32 Å². The molecule has 1 fully saturated rings. The van der Waals surface area contributed by atoms with Crippen LogP contribution < -0.4 is 5.32 Å². The Morgan fingerprint density at radius 3 is 2.53 bits per heavy atom. The molecule has 6 heteroatoms. The normalized spacial score (nSPS) is 17.3. The van der Waals surface area contributed by atoms with Gasteiger partial charge in [0.1, 0.15) is 0 Å².